The Hall–Kier alpha value is -2.21. The molecule has 6 nitrogen and oxygen atoms in total. The highest BCUT2D eigenvalue weighted by Crippen LogP contribution is 2.01. The number of hydrogen-bond acceptors (Lipinski definition) is 4. The summed E-state index contributed by atoms with van der Waals surface area (Å²) in [5.41, 5.74) is 0.274. The van der Waals surface area contributed by atoms with Crippen LogP contribution in [0.4, 0.5) is 0 Å². The number of pyridine rings is 1. The maximum Gasteiger partial charge on any atom is 0.270 e. The quantitative estimate of drug-likeness (QED) is 0.781. The van der Waals surface area contributed by atoms with E-state index >= 15 is 0 Å². The van der Waals surface area contributed by atoms with Crippen LogP contribution in [0, 0.1) is 0 Å². The fraction of sp³-hybridized carbons (Fsp3) is 0.308. The number of fused-ring (bicyclic) bond motifs is 1. The van der Waals surface area contributed by atoms with E-state index in [1.54, 1.807) is 24.4 Å². The molecule has 1 amide bonds. The highest BCUT2D eigenvalue weighted by atomic mass is 16.2. The van der Waals surface area contributed by atoms with Gasteiger partial charge >= 0.3 is 0 Å². The molecule has 0 aliphatic carbocycles. The summed E-state index contributed by atoms with van der Waals surface area (Å²) in [5.74, 6) is -0.357. The molecule has 6 heteroatoms. The van der Waals surface area contributed by atoms with Gasteiger partial charge in [0, 0.05) is 25.0 Å². The Balaban J connectivity index is 1.94. The van der Waals surface area contributed by atoms with E-state index in [1.807, 2.05) is 0 Å². The van der Waals surface area contributed by atoms with Crippen LogP contribution in [0.25, 0.3) is 5.65 Å². The smallest absolute Gasteiger partial charge is 0.270 e. The molecule has 1 unspecified atom stereocenters. The summed E-state index contributed by atoms with van der Waals surface area (Å²) in [5, 5.41) is 6.01. The van der Waals surface area contributed by atoms with E-state index in [9.17, 15) is 9.59 Å². The Bertz CT molecular complexity index is 674. The minimum absolute atomic E-state index is 0.0793. The van der Waals surface area contributed by atoms with Crippen LogP contribution in [-0.4, -0.2) is 34.4 Å². The molecule has 0 saturated carbocycles. The molecule has 0 bridgehead atoms. The molecule has 1 aliphatic heterocycles. The summed E-state index contributed by atoms with van der Waals surface area (Å²) in [7, 11) is 0. The van der Waals surface area contributed by atoms with E-state index in [2.05, 4.69) is 15.6 Å². The number of amides is 1. The number of rotatable bonds is 2. The average molecular weight is 258 g/mol. The van der Waals surface area contributed by atoms with Crippen LogP contribution in [0.2, 0.25) is 0 Å². The summed E-state index contributed by atoms with van der Waals surface area (Å²) in [4.78, 5) is 28.4. The number of nitrogens with one attached hydrogen (secondary N) is 2. The van der Waals surface area contributed by atoms with Gasteiger partial charge in [-0.3, -0.25) is 14.0 Å². The van der Waals surface area contributed by atoms with Crippen molar-refractivity contribution in [3.8, 4) is 0 Å². The van der Waals surface area contributed by atoms with E-state index in [0.29, 0.717) is 5.65 Å². The van der Waals surface area contributed by atoms with Crippen molar-refractivity contribution in [2.75, 3.05) is 13.1 Å². The van der Waals surface area contributed by atoms with Gasteiger partial charge in [0.05, 0.1) is 0 Å². The number of carbonyl (C=O) groups excluding carboxylic acids is 1. The highest BCUT2D eigenvalue weighted by molar-refractivity contribution is 5.93. The minimum atomic E-state index is -0.357. The number of carbonyl (C=O) groups is 1. The molecule has 2 aromatic rings. The van der Waals surface area contributed by atoms with Crippen molar-refractivity contribution in [2.24, 2.45) is 0 Å². The van der Waals surface area contributed by atoms with E-state index in [1.165, 1.54) is 10.6 Å². The van der Waals surface area contributed by atoms with E-state index in [4.69, 9.17) is 0 Å². The topological polar surface area (TPSA) is 75.5 Å². The monoisotopic (exact) mass is 258 g/mol. The fourth-order valence-electron chi connectivity index (χ4n) is 2.22. The molecule has 3 rings (SSSR count). The zero-order chi connectivity index (χ0) is 13.2. The zero-order valence-corrected chi connectivity index (χ0v) is 10.3. The van der Waals surface area contributed by atoms with Crippen LogP contribution < -0.4 is 16.2 Å². The third-order valence-electron chi connectivity index (χ3n) is 3.25. The van der Waals surface area contributed by atoms with Crippen LogP contribution in [0.15, 0.2) is 35.4 Å². The Morgan fingerprint density at radius 2 is 2.37 bits per heavy atom. The lowest BCUT2D eigenvalue weighted by atomic mass is 10.2. The van der Waals surface area contributed by atoms with E-state index < -0.39 is 0 Å². The maximum atomic E-state index is 12.2. The van der Waals surface area contributed by atoms with Crippen LogP contribution in [0.3, 0.4) is 0 Å². The Morgan fingerprint density at radius 1 is 1.47 bits per heavy atom. The van der Waals surface area contributed by atoms with Crippen LogP contribution in [0.1, 0.15) is 16.8 Å². The first kappa shape index (κ1) is 11.9. The van der Waals surface area contributed by atoms with Crippen LogP contribution >= 0.6 is 0 Å². The molecule has 98 valence electrons. The van der Waals surface area contributed by atoms with Gasteiger partial charge in [-0.25, -0.2) is 4.98 Å². The van der Waals surface area contributed by atoms with Crippen molar-refractivity contribution in [3.63, 3.8) is 0 Å². The summed E-state index contributed by atoms with van der Waals surface area (Å²) in [6, 6.07) is 5.34. The van der Waals surface area contributed by atoms with Gasteiger partial charge in [-0.05, 0) is 25.1 Å². The molecule has 1 saturated heterocycles. The largest absolute Gasteiger partial charge is 0.348 e. The summed E-state index contributed by atoms with van der Waals surface area (Å²) < 4.78 is 1.38. The van der Waals surface area contributed by atoms with Gasteiger partial charge in [-0.2, -0.15) is 0 Å². The third-order valence-corrected chi connectivity index (χ3v) is 3.25. The summed E-state index contributed by atoms with van der Waals surface area (Å²) in [6.07, 6.45) is 3.84. The van der Waals surface area contributed by atoms with Crippen LogP contribution in [0.5, 0.6) is 0 Å². The van der Waals surface area contributed by atoms with E-state index in [-0.39, 0.29) is 23.1 Å². The molecule has 3 heterocycles. The minimum Gasteiger partial charge on any atom is -0.348 e. The molecule has 1 atom stereocenters. The standard InChI is InChI=1S/C13H14N4O2/c18-12(16-9-4-5-14-7-9)10-8-15-11-3-1-2-6-17(11)13(10)19/h1-3,6,8-9,14H,4-5,7H2,(H,16,18). The van der Waals surface area contributed by atoms with Crippen LogP contribution in [-0.2, 0) is 0 Å². The van der Waals surface area contributed by atoms with Crippen molar-refractivity contribution >= 4 is 11.6 Å². The summed E-state index contributed by atoms with van der Waals surface area (Å²) >= 11 is 0. The molecule has 1 fully saturated rings. The van der Waals surface area contributed by atoms with Crippen molar-refractivity contribution in [1.29, 1.82) is 0 Å². The predicted octanol–water partition coefficient (Wildman–Crippen LogP) is -0.214. The van der Waals surface area contributed by atoms with Crippen molar-refractivity contribution in [2.45, 2.75) is 12.5 Å². The van der Waals surface area contributed by atoms with Crippen molar-refractivity contribution in [3.05, 3.63) is 46.5 Å². The van der Waals surface area contributed by atoms with Crippen molar-refractivity contribution < 1.29 is 4.79 Å². The van der Waals surface area contributed by atoms with Gasteiger partial charge < -0.3 is 10.6 Å². The van der Waals surface area contributed by atoms with Gasteiger partial charge in [0.2, 0.25) is 0 Å². The normalized spacial score (nSPS) is 18.6. The molecule has 2 N–H and O–H groups in total. The first-order valence-corrected chi connectivity index (χ1v) is 6.24. The number of aromatic nitrogens is 2. The molecular weight excluding hydrogens is 244 g/mol. The molecule has 2 aromatic heterocycles. The zero-order valence-electron chi connectivity index (χ0n) is 10.3. The van der Waals surface area contributed by atoms with Gasteiger partial charge in [-0.1, -0.05) is 6.07 Å². The molecule has 0 radical (unpaired) electrons. The first-order chi connectivity index (χ1) is 9.25. The lowest BCUT2D eigenvalue weighted by molar-refractivity contribution is 0.0938. The Morgan fingerprint density at radius 3 is 3.16 bits per heavy atom. The second-order valence-electron chi connectivity index (χ2n) is 4.57. The predicted molar refractivity (Wildman–Crippen MR) is 70.2 cm³/mol. The molecule has 19 heavy (non-hydrogen) atoms. The lowest BCUT2D eigenvalue weighted by Crippen LogP contribution is -2.39. The van der Waals surface area contributed by atoms with Crippen molar-refractivity contribution in [1.82, 2.24) is 20.0 Å². The Kier molecular flexibility index (Phi) is 3.00. The van der Waals surface area contributed by atoms with Gasteiger partial charge in [0.1, 0.15) is 11.2 Å². The molecule has 0 spiro atoms. The maximum absolute atomic E-state index is 12.2. The Labute approximate surface area is 109 Å². The highest BCUT2D eigenvalue weighted by Gasteiger charge is 2.20. The summed E-state index contributed by atoms with van der Waals surface area (Å²) in [6.45, 7) is 1.63. The van der Waals surface area contributed by atoms with Gasteiger partial charge in [0.25, 0.3) is 11.5 Å². The van der Waals surface area contributed by atoms with Gasteiger partial charge in [0.15, 0.2) is 0 Å². The second-order valence-corrected chi connectivity index (χ2v) is 4.57. The molecule has 1 aliphatic rings. The lowest BCUT2D eigenvalue weighted by Gasteiger charge is -2.11. The number of hydrogen-bond donors (Lipinski definition) is 2. The first-order valence-electron chi connectivity index (χ1n) is 6.24. The molecule has 0 aromatic carbocycles. The SMILES string of the molecule is O=C(NC1CCNC1)c1cnc2ccccn2c1=O. The van der Waals surface area contributed by atoms with E-state index in [0.717, 1.165) is 19.5 Å². The van der Waals surface area contributed by atoms with Gasteiger partial charge in [-0.15, -0.1) is 0 Å². The average Bonchev–Trinajstić information content (AvgIpc) is 2.92. The third kappa shape index (κ3) is 2.22. The number of nitrogens with zero attached hydrogens (tertiary/aromatic N) is 2. The second kappa shape index (κ2) is 4.81. The fourth-order valence-corrected chi connectivity index (χ4v) is 2.22. The molecular formula is C13H14N4O2.